The number of urea groups is 1. The third-order valence-corrected chi connectivity index (χ3v) is 9.06. The molecular weight excluding hydrogens is 477 g/mol. The second-order valence-electron chi connectivity index (χ2n) is 9.01. The molecule has 0 radical (unpaired) electrons. The molecule has 2 amide bonds. The van der Waals surface area contributed by atoms with Gasteiger partial charge in [0, 0.05) is 21.5 Å². The number of carbonyl (C=O) groups excluding carboxylic acids is 1. The number of anilines is 1. The van der Waals surface area contributed by atoms with Crippen molar-refractivity contribution in [2.24, 2.45) is 0 Å². The Kier molecular flexibility index (Phi) is 5.90. The Balaban J connectivity index is 1.50. The van der Waals surface area contributed by atoms with Gasteiger partial charge in [0.05, 0.1) is 24.0 Å². The largest absolute Gasteiger partial charge is 0.323 e. The van der Waals surface area contributed by atoms with Gasteiger partial charge < -0.3 is 14.8 Å². The van der Waals surface area contributed by atoms with Crippen molar-refractivity contribution < 1.29 is 9.18 Å². The molecule has 1 N–H and O–H groups in total. The number of benzene rings is 2. The summed E-state index contributed by atoms with van der Waals surface area (Å²) < 4.78 is 16.7. The summed E-state index contributed by atoms with van der Waals surface area (Å²) in [6.07, 6.45) is 8.71. The minimum atomic E-state index is -0.437. The van der Waals surface area contributed by atoms with Crippen LogP contribution in [0, 0.1) is 5.82 Å². The van der Waals surface area contributed by atoms with Gasteiger partial charge in [0.25, 0.3) is 0 Å². The van der Waals surface area contributed by atoms with Crippen molar-refractivity contribution in [1.29, 1.82) is 0 Å². The van der Waals surface area contributed by atoms with Crippen molar-refractivity contribution in [2.75, 3.05) is 11.6 Å². The van der Waals surface area contributed by atoms with Crippen LogP contribution in [0.15, 0.2) is 71.8 Å². The molecular formula is C28H26FN3OS2. The summed E-state index contributed by atoms with van der Waals surface area (Å²) in [5.41, 5.74) is 4.91. The number of thioether (sulfide) groups is 1. The van der Waals surface area contributed by atoms with E-state index < -0.39 is 5.82 Å². The van der Waals surface area contributed by atoms with Gasteiger partial charge in [0.2, 0.25) is 0 Å². The summed E-state index contributed by atoms with van der Waals surface area (Å²) >= 11 is 3.56. The van der Waals surface area contributed by atoms with Gasteiger partial charge in [-0.15, -0.1) is 23.1 Å². The third-order valence-electron chi connectivity index (χ3n) is 6.99. The van der Waals surface area contributed by atoms with Crippen LogP contribution in [0.1, 0.15) is 46.1 Å². The van der Waals surface area contributed by atoms with Gasteiger partial charge >= 0.3 is 6.03 Å². The highest BCUT2D eigenvalue weighted by Gasteiger charge is 2.36. The standard InChI is InChI=1S/C28H26FN3OS2/c1-34-19-14-12-18(13-15-19)26-24-10-6-16-31(24)27-21(20-7-2-5-11-25(20)35-27)17-32(26)28(33)30-23-9-4-3-8-22(23)29/h3-4,6,8-10,12-16,26H,2,5,7,11,17H2,1H3,(H,30,33)/t26-/m0/s1. The molecule has 0 fully saturated rings. The van der Waals surface area contributed by atoms with Gasteiger partial charge in [-0.05, 0) is 79.5 Å². The van der Waals surface area contributed by atoms with Crippen molar-refractivity contribution in [3.63, 3.8) is 0 Å². The zero-order valence-corrected chi connectivity index (χ0v) is 21.1. The lowest BCUT2D eigenvalue weighted by molar-refractivity contribution is 0.194. The smallest absolute Gasteiger partial charge is 0.310 e. The Morgan fingerprint density at radius 2 is 1.83 bits per heavy atom. The summed E-state index contributed by atoms with van der Waals surface area (Å²) in [5.74, 6) is -0.437. The van der Waals surface area contributed by atoms with Crippen LogP contribution in [0.5, 0.6) is 0 Å². The molecule has 2 aromatic heterocycles. The van der Waals surface area contributed by atoms with Crippen molar-refractivity contribution in [1.82, 2.24) is 9.47 Å². The minimum Gasteiger partial charge on any atom is -0.310 e. The van der Waals surface area contributed by atoms with Crippen LogP contribution in [0.2, 0.25) is 0 Å². The summed E-state index contributed by atoms with van der Waals surface area (Å²) in [6.45, 7) is 0.484. The Hall–Kier alpha value is -3.03. The van der Waals surface area contributed by atoms with E-state index in [1.165, 1.54) is 44.8 Å². The van der Waals surface area contributed by atoms with Crippen LogP contribution in [0.25, 0.3) is 5.00 Å². The number of aryl methyl sites for hydroxylation is 1. The average molecular weight is 504 g/mol. The molecule has 0 bridgehead atoms. The number of nitrogens with zero attached hydrogens (tertiary/aromatic N) is 2. The zero-order valence-electron chi connectivity index (χ0n) is 19.5. The fraction of sp³-hybridized carbons (Fsp3) is 0.250. The normalized spacial score (nSPS) is 16.7. The summed E-state index contributed by atoms with van der Waals surface area (Å²) in [4.78, 5) is 18.3. The number of nitrogens with one attached hydrogen (secondary N) is 1. The van der Waals surface area contributed by atoms with Crippen LogP contribution < -0.4 is 5.32 Å². The van der Waals surface area contributed by atoms with Gasteiger partial charge in [0.1, 0.15) is 10.8 Å². The molecule has 1 aliphatic heterocycles. The zero-order chi connectivity index (χ0) is 23.9. The van der Waals surface area contributed by atoms with E-state index in [1.807, 2.05) is 16.2 Å². The van der Waals surface area contributed by atoms with E-state index in [-0.39, 0.29) is 17.8 Å². The van der Waals surface area contributed by atoms with Crippen molar-refractivity contribution in [3.05, 3.63) is 99.9 Å². The second kappa shape index (κ2) is 9.21. The number of rotatable bonds is 3. The van der Waals surface area contributed by atoms with Gasteiger partial charge in [0.15, 0.2) is 0 Å². The van der Waals surface area contributed by atoms with E-state index in [4.69, 9.17) is 0 Å². The Bertz CT molecular complexity index is 1390. The quantitative estimate of drug-likeness (QED) is 0.296. The van der Waals surface area contributed by atoms with Crippen LogP contribution in [-0.2, 0) is 19.4 Å². The topological polar surface area (TPSA) is 37.3 Å². The number of halogens is 1. The molecule has 4 nitrogen and oxygen atoms in total. The number of hydrogen-bond donors (Lipinski definition) is 1. The molecule has 6 rings (SSSR count). The molecule has 0 saturated carbocycles. The number of carbonyl (C=O) groups is 1. The Morgan fingerprint density at radius 3 is 2.63 bits per heavy atom. The van der Waals surface area contributed by atoms with Gasteiger partial charge in [-0.2, -0.15) is 0 Å². The highest BCUT2D eigenvalue weighted by Crippen LogP contribution is 2.44. The average Bonchev–Trinajstić information content (AvgIpc) is 3.47. The van der Waals surface area contributed by atoms with Crippen LogP contribution in [0.4, 0.5) is 14.9 Å². The maximum absolute atomic E-state index is 14.5. The summed E-state index contributed by atoms with van der Waals surface area (Å²) in [5, 5.41) is 4.07. The summed E-state index contributed by atoms with van der Waals surface area (Å²) in [6, 6.07) is 18.3. The molecule has 1 atom stereocenters. The van der Waals surface area contributed by atoms with Crippen LogP contribution in [0.3, 0.4) is 0 Å². The molecule has 1 aliphatic carbocycles. The highest BCUT2D eigenvalue weighted by molar-refractivity contribution is 7.98. The Morgan fingerprint density at radius 1 is 1.03 bits per heavy atom. The SMILES string of the molecule is CSc1ccc([C@H]2c3cccn3-c3sc4c(c3CN2C(=O)Nc2ccccc2F)CCCC4)cc1. The monoisotopic (exact) mass is 503 g/mol. The van der Waals surface area contributed by atoms with Gasteiger partial charge in [-0.25, -0.2) is 9.18 Å². The molecule has 0 spiro atoms. The number of fused-ring (bicyclic) bond motifs is 5. The number of aromatic nitrogens is 1. The lowest BCUT2D eigenvalue weighted by Gasteiger charge is -2.31. The predicted molar refractivity (Wildman–Crippen MR) is 141 cm³/mol. The van der Waals surface area contributed by atoms with E-state index in [0.717, 1.165) is 24.1 Å². The van der Waals surface area contributed by atoms with E-state index >= 15 is 0 Å². The number of thiophene rings is 1. The van der Waals surface area contributed by atoms with Gasteiger partial charge in [-0.3, -0.25) is 0 Å². The van der Waals surface area contributed by atoms with Crippen molar-refractivity contribution in [3.8, 4) is 5.00 Å². The fourth-order valence-electron chi connectivity index (χ4n) is 5.27. The molecule has 35 heavy (non-hydrogen) atoms. The van der Waals surface area contributed by atoms with E-state index in [2.05, 4.69) is 58.7 Å². The van der Waals surface area contributed by atoms with Crippen LogP contribution in [-0.4, -0.2) is 21.8 Å². The van der Waals surface area contributed by atoms with Gasteiger partial charge in [-0.1, -0.05) is 24.3 Å². The Labute approximate surface area is 212 Å². The first kappa shape index (κ1) is 22.4. The van der Waals surface area contributed by atoms with Crippen molar-refractivity contribution >= 4 is 34.8 Å². The predicted octanol–water partition coefficient (Wildman–Crippen LogP) is 7.42. The molecule has 178 valence electrons. The maximum Gasteiger partial charge on any atom is 0.323 e. The summed E-state index contributed by atoms with van der Waals surface area (Å²) in [7, 11) is 0. The lowest BCUT2D eigenvalue weighted by Crippen LogP contribution is -2.38. The molecule has 2 aliphatic rings. The molecule has 2 aromatic carbocycles. The molecule has 7 heteroatoms. The maximum atomic E-state index is 14.5. The first-order chi connectivity index (χ1) is 17.1. The van der Waals surface area contributed by atoms with E-state index in [1.54, 1.807) is 30.0 Å². The molecule has 3 heterocycles. The molecule has 0 saturated heterocycles. The molecule has 0 unspecified atom stereocenters. The molecule has 4 aromatic rings. The number of amides is 2. The fourth-order valence-corrected chi connectivity index (χ4v) is 7.09. The minimum absolute atomic E-state index is 0.196. The van der Waals surface area contributed by atoms with Crippen LogP contribution >= 0.6 is 23.1 Å². The first-order valence-corrected chi connectivity index (χ1v) is 14.0. The second-order valence-corrected chi connectivity index (χ2v) is 11.0. The number of para-hydroxylation sites is 1. The number of hydrogen-bond acceptors (Lipinski definition) is 3. The van der Waals surface area contributed by atoms with Crippen molar-refractivity contribution in [2.45, 2.75) is 43.2 Å². The lowest BCUT2D eigenvalue weighted by atomic mass is 9.95. The first-order valence-electron chi connectivity index (χ1n) is 11.9. The highest BCUT2D eigenvalue weighted by atomic mass is 32.2. The van der Waals surface area contributed by atoms with E-state index in [0.29, 0.717) is 6.54 Å². The third kappa shape index (κ3) is 3.96. The van der Waals surface area contributed by atoms with E-state index in [9.17, 15) is 9.18 Å².